The van der Waals surface area contributed by atoms with Crippen LogP contribution in [0.15, 0.2) is 48.5 Å². The lowest BCUT2D eigenvalue weighted by Crippen LogP contribution is -2.49. The molecule has 33 heavy (non-hydrogen) atoms. The van der Waals surface area contributed by atoms with Crippen molar-refractivity contribution in [3.8, 4) is 0 Å². The maximum Gasteiger partial charge on any atom is 0.262 e. The van der Waals surface area contributed by atoms with Gasteiger partial charge in [-0.15, -0.1) is 0 Å². The molecule has 2 aromatic rings. The van der Waals surface area contributed by atoms with Crippen LogP contribution < -0.4 is 5.32 Å². The molecule has 0 aliphatic carbocycles. The Bertz CT molecular complexity index is 1060. The number of amides is 4. The van der Waals surface area contributed by atoms with Gasteiger partial charge in [-0.1, -0.05) is 45.0 Å². The van der Waals surface area contributed by atoms with E-state index >= 15 is 0 Å². The quantitative estimate of drug-likeness (QED) is 0.730. The third-order valence-corrected chi connectivity index (χ3v) is 6.33. The van der Waals surface area contributed by atoms with Crippen molar-refractivity contribution in [3.63, 3.8) is 0 Å². The van der Waals surface area contributed by atoms with Crippen molar-refractivity contribution in [1.29, 1.82) is 0 Å². The molecule has 4 amide bonds. The number of hydrogen-bond acceptors (Lipinski definition) is 4. The molecule has 0 unspecified atom stereocenters. The van der Waals surface area contributed by atoms with Gasteiger partial charge in [0.2, 0.25) is 5.91 Å². The number of fused-ring (bicyclic) bond motifs is 1. The fourth-order valence-electron chi connectivity index (χ4n) is 4.32. The first-order chi connectivity index (χ1) is 15.6. The highest BCUT2D eigenvalue weighted by Crippen LogP contribution is 2.24. The summed E-state index contributed by atoms with van der Waals surface area (Å²) >= 11 is 0. The minimum atomic E-state index is -0.441. The van der Waals surface area contributed by atoms with Gasteiger partial charge < -0.3 is 10.2 Å². The van der Waals surface area contributed by atoms with Crippen LogP contribution in [0.2, 0.25) is 0 Å². The molecule has 7 nitrogen and oxygen atoms in total. The van der Waals surface area contributed by atoms with Crippen molar-refractivity contribution in [3.05, 3.63) is 70.8 Å². The minimum absolute atomic E-state index is 0.00809. The fraction of sp³-hybridized carbons (Fsp3) is 0.385. The van der Waals surface area contributed by atoms with E-state index in [4.69, 9.17) is 0 Å². The average Bonchev–Trinajstić information content (AvgIpc) is 3.03. The number of nitrogens with one attached hydrogen (secondary N) is 1. The Hall–Kier alpha value is -3.48. The van der Waals surface area contributed by atoms with Gasteiger partial charge in [-0.3, -0.25) is 24.1 Å². The summed E-state index contributed by atoms with van der Waals surface area (Å²) in [6.45, 7) is 7.19. The third-order valence-electron chi connectivity index (χ3n) is 6.33. The molecule has 172 valence electrons. The average molecular weight is 448 g/mol. The highest BCUT2D eigenvalue weighted by Gasteiger charge is 2.36. The van der Waals surface area contributed by atoms with Crippen molar-refractivity contribution < 1.29 is 19.2 Å². The Kier molecular flexibility index (Phi) is 6.06. The molecule has 1 N–H and O–H groups in total. The highest BCUT2D eigenvalue weighted by atomic mass is 16.2. The van der Waals surface area contributed by atoms with Crippen molar-refractivity contribution in [2.24, 2.45) is 0 Å². The van der Waals surface area contributed by atoms with Gasteiger partial charge in [0, 0.05) is 24.7 Å². The van der Waals surface area contributed by atoms with E-state index in [-0.39, 0.29) is 29.8 Å². The molecule has 0 saturated carbocycles. The molecule has 2 aromatic carbocycles. The number of imide groups is 1. The Morgan fingerprint density at radius 1 is 0.909 bits per heavy atom. The Morgan fingerprint density at radius 2 is 1.45 bits per heavy atom. The molecule has 0 aromatic heterocycles. The van der Waals surface area contributed by atoms with Gasteiger partial charge in [0.1, 0.15) is 6.54 Å². The van der Waals surface area contributed by atoms with Crippen LogP contribution in [0, 0.1) is 0 Å². The van der Waals surface area contributed by atoms with E-state index in [0.717, 1.165) is 4.90 Å². The SMILES string of the molecule is CC(C)(C)c1ccc(C(=O)N2CCC(NC(=O)CN3C(=O)c4ccccc4C3=O)CC2)cc1. The molecule has 0 spiro atoms. The highest BCUT2D eigenvalue weighted by molar-refractivity contribution is 6.22. The zero-order valence-electron chi connectivity index (χ0n) is 19.3. The van der Waals surface area contributed by atoms with Crippen LogP contribution in [0.3, 0.4) is 0 Å². The summed E-state index contributed by atoms with van der Waals surface area (Å²) in [7, 11) is 0. The van der Waals surface area contributed by atoms with E-state index in [1.807, 2.05) is 24.3 Å². The molecular weight excluding hydrogens is 418 g/mol. The predicted molar refractivity (Wildman–Crippen MR) is 124 cm³/mol. The van der Waals surface area contributed by atoms with E-state index in [2.05, 4.69) is 26.1 Å². The lowest BCUT2D eigenvalue weighted by molar-refractivity contribution is -0.122. The fourth-order valence-corrected chi connectivity index (χ4v) is 4.32. The number of hydrogen-bond donors (Lipinski definition) is 1. The van der Waals surface area contributed by atoms with Crippen LogP contribution in [0.5, 0.6) is 0 Å². The molecule has 2 aliphatic heterocycles. The normalized spacial score (nSPS) is 16.7. The summed E-state index contributed by atoms with van der Waals surface area (Å²) in [5.74, 6) is -1.26. The van der Waals surface area contributed by atoms with E-state index in [9.17, 15) is 19.2 Å². The molecule has 7 heteroatoms. The first-order valence-corrected chi connectivity index (χ1v) is 11.3. The molecule has 0 radical (unpaired) electrons. The lowest BCUT2D eigenvalue weighted by atomic mass is 9.86. The molecule has 2 aliphatic rings. The maximum atomic E-state index is 12.9. The maximum absolute atomic E-state index is 12.9. The number of likely N-dealkylation sites (tertiary alicyclic amines) is 1. The standard InChI is InChI=1S/C26H29N3O4/c1-26(2,3)18-10-8-17(9-11-18)23(31)28-14-12-19(13-15-28)27-22(30)16-29-24(32)20-6-4-5-7-21(20)25(29)33/h4-11,19H,12-16H2,1-3H3,(H,27,30). The summed E-state index contributed by atoms with van der Waals surface area (Å²) in [5, 5.41) is 2.91. The van der Waals surface area contributed by atoms with E-state index in [1.54, 1.807) is 29.2 Å². The molecule has 0 bridgehead atoms. The van der Waals surface area contributed by atoms with Crippen molar-refractivity contribution in [1.82, 2.24) is 15.1 Å². The number of rotatable bonds is 4. The first kappa shape index (κ1) is 22.7. The van der Waals surface area contributed by atoms with Crippen LogP contribution in [0.4, 0.5) is 0 Å². The van der Waals surface area contributed by atoms with E-state index in [1.165, 1.54) is 5.56 Å². The lowest BCUT2D eigenvalue weighted by Gasteiger charge is -2.32. The number of carbonyl (C=O) groups is 4. The van der Waals surface area contributed by atoms with Gasteiger partial charge >= 0.3 is 0 Å². The molecule has 2 heterocycles. The Balaban J connectivity index is 1.28. The van der Waals surface area contributed by atoms with Gasteiger partial charge in [0.25, 0.3) is 17.7 Å². The molecular formula is C26H29N3O4. The minimum Gasteiger partial charge on any atom is -0.352 e. The van der Waals surface area contributed by atoms with E-state index < -0.39 is 11.8 Å². The topological polar surface area (TPSA) is 86.8 Å². The zero-order chi connectivity index (χ0) is 23.8. The van der Waals surface area contributed by atoms with Crippen molar-refractivity contribution in [2.45, 2.75) is 45.1 Å². The predicted octanol–water partition coefficient (Wildman–Crippen LogP) is 3.00. The van der Waals surface area contributed by atoms with Crippen LogP contribution in [0.1, 0.15) is 70.3 Å². The smallest absolute Gasteiger partial charge is 0.262 e. The van der Waals surface area contributed by atoms with Crippen LogP contribution in [-0.2, 0) is 10.2 Å². The summed E-state index contributed by atoms with van der Waals surface area (Å²) < 4.78 is 0. The number of carbonyl (C=O) groups excluding carboxylic acids is 4. The van der Waals surface area contributed by atoms with Gasteiger partial charge in [-0.2, -0.15) is 0 Å². The summed E-state index contributed by atoms with van der Waals surface area (Å²) in [6.07, 6.45) is 1.25. The zero-order valence-corrected chi connectivity index (χ0v) is 19.3. The first-order valence-electron chi connectivity index (χ1n) is 11.3. The van der Waals surface area contributed by atoms with Crippen molar-refractivity contribution >= 4 is 23.6 Å². The summed E-state index contributed by atoms with van der Waals surface area (Å²) in [4.78, 5) is 53.1. The second-order valence-electron chi connectivity index (χ2n) is 9.70. The van der Waals surface area contributed by atoms with Gasteiger partial charge in [-0.05, 0) is 48.1 Å². The number of nitrogens with zero attached hydrogens (tertiary/aromatic N) is 2. The summed E-state index contributed by atoms with van der Waals surface area (Å²) in [6, 6.07) is 14.2. The second kappa shape index (κ2) is 8.81. The number of benzene rings is 2. The van der Waals surface area contributed by atoms with Crippen molar-refractivity contribution in [2.75, 3.05) is 19.6 Å². The Morgan fingerprint density at radius 3 is 1.97 bits per heavy atom. The van der Waals surface area contributed by atoms with Gasteiger partial charge in [0.15, 0.2) is 0 Å². The monoisotopic (exact) mass is 447 g/mol. The summed E-state index contributed by atoms with van der Waals surface area (Å²) in [5.41, 5.74) is 2.54. The van der Waals surface area contributed by atoms with Gasteiger partial charge in [-0.25, -0.2) is 0 Å². The van der Waals surface area contributed by atoms with Crippen LogP contribution in [0.25, 0.3) is 0 Å². The third kappa shape index (κ3) is 4.67. The van der Waals surface area contributed by atoms with Crippen LogP contribution in [-0.4, -0.2) is 59.1 Å². The second-order valence-corrected chi connectivity index (χ2v) is 9.70. The largest absolute Gasteiger partial charge is 0.352 e. The number of piperidine rings is 1. The van der Waals surface area contributed by atoms with Crippen LogP contribution >= 0.6 is 0 Å². The molecule has 0 atom stereocenters. The molecule has 4 rings (SSSR count). The molecule has 1 saturated heterocycles. The Labute approximate surface area is 193 Å². The van der Waals surface area contributed by atoms with E-state index in [0.29, 0.717) is 42.6 Å². The van der Waals surface area contributed by atoms with Gasteiger partial charge in [0.05, 0.1) is 11.1 Å². The molecule has 1 fully saturated rings.